The first-order valence-electron chi connectivity index (χ1n) is 5.90. The molecule has 1 fully saturated rings. The van der Waals surface area contributed by atoms with Gasteiger partial charge in [0.25, 0.3) is 0 Å². The summed E-state index contributed by atoms with van der Waals surface area (Å²) in [6.07, 6.45) is 2.14. The zero-order valence-corrected chi connectivity index (χ0v) is 9.58. The lowest BCUT2D eigenvalue weighted by Gasteiger charge is -2.30. The van der Waals surface area contributed by atoms with Crippen LogP contribution in [0.1, 0.15) is 31.4 Å². The van der Waals surface area contributed by atoms with Crippen LogP contribution in [0.15, 0.2) is 24.3 Å². The van der Waals surface area contributed by atoms with E-state index in [1.54, 1.807) is 0 Å². The van der Waals surface area contributed by atoms with Gasteiger partial charge in [0.05, 0.1) is 6.10 Å². The average Bonchev–Trinajstić information content (AvgIpc) is 2.31. The molecule has 2 rings (SSSR count). The smallest absolute Gasteiger partial charge is 0.123 e. The molecule has 1 N–H and O–H groups in total. The summed E-state index contributed by atoms with van der Waals surface area (Å²) in [4.78, 5) is 0. The van der Waals surface area contributed by atoms with Crippen molar-refractivity contribution in [3.05, 3.63) is 35.6 Å². The fraction of sp³-hybridized carbons (Fsp3) is 0.538. The van der Waals surface area contributed by atoms with Crippen molar-refractivity contribution < 1.29 is 9.13 Å². The molecule has 3 heteroatoms. The Morgan fingerprint density at radius 2 is 2.12 bits per heavy atom. The van der Waals surface area contributed by atoms with Crippen molar-refractivity contribution in [3.63, 3.8) is 0 Å². The van der Waals surface area contributed by atoms with Crippen molar-refractivity contribution in [2.75, 3.05) is 13.2 Å². The van der Waals surface area contributed by atoms with E-state index in [9.17, 15) is 4.39 Å². The molecule has 0 amide bonds. The average molecular weight is 223 g/mol. The van der Waals surface area contributed by atoms with Crippen molar-refractivity contribution in [2.24, 2.45) is 0 Å². The first-order chi connectivity index (χ1) is 7.79. The molecule has 2 unspecified atom stereocenters. The maximum absolute atomic E-state index is 12.8. The Morgan fingerprint density at radius 3 is 2.81 bits per heavy atom. The molecule has 1 aliphatic rings. The zero-order chi connectivity index (χ0) is 11.4. The number of hydrogen-bond donors (Lipinski definition) is 1. The van der Waals surface area contributed by atoms with Crippen LogP contribution in [-0.2, 0) is 4.74 Å². The lowest BCUT2D eigenvalue weighted by atomic mass is 9.97. The first kappa shape index (κ1) is 11.6. The van der Waals surface area contributed by atoms with Crippen molar-refractivity contribution in [1.82, 2.24) is 5.32 Å². The molecule has 1 aromatic rings. The van der Waals surface area contributed by atoms with Gasteiger partial charge in [0.1, 0.15) is 5.82 Å². The normalized spacial score (nSPS) is 25.6. The predicted molar refractivity (Wildman–Crippen MR) is 61.8 cm³/mol. The zero-order valence-electron chi connectivity index (χ0n) is 9.58. The van der Waals surface area contributed by atoms with E-state index in [0.29, 0.717) is 6.04 Å². The van der Waals surface area contributed by atoms with E-state index in [1.807, 2.05) is 12.1 Å². The summed E-state index contributed by atoms with van der Waals surface area (Å²) in [6.45, 7) is 3.88. The Hall–Kier alpha value is -0.930. The minimum absolute atomic E-state index is 0.110. The van der Waals surface area contributed by atoms with E-state index in [-0.39, 0.29) is 11.9 Å². The van der Waals surface area contributed by atoms with Crippen LogP contribution in [-0.4, -0.2) is 19.2 Å². The van der Waals surface area contributed by atoms with Gasteiger partial charge in [-0.1, -0.05) is 19.1 Å². The van der Waals surface area contributed by atoms with E-state index >= 15 is 0 Å². The van der Waals surface area contributed by atoms with Gasteiger partial charge in [-0.15, -0.1) is 0 Å². The summed E-state index contributed by atoms with van der Waals surface area (Å²) in [7, 11) is 0. The molecule has 0 radical (unpaired) electrons. The summed E-state index contributed by atoms with van der Waals surface area (Å²) < 4.78 is 18.5. The Kier molecular flexibility index (Phi) is 3.91. The van der Waals surface area contributed by atoms with Crippen LogP contribution in [0.4, 0.5) is 4.39 Å². The van der Waals surface area contributed by atoms with Crippen LogP contribution in [0.25, 0.3) is 0 Å². The number of nitrogens with one attached hydrogen (secondary N) is 1. The fourth-order valence-electron chi connectivity index (χ4n) is 2.18. The Balaban J connectivity index is 2.01. The van der Waals surface area contributed by atoms with Crippen molar-refractivity contribution in [1.29, 1.82) is 0 Å². The second-order valence-electron chi connectivity index (χ2n) is 4.19. The Bertz CT molecular complexity index is 323. The fourth-order valence-corrected chi connectivity index (χ4v) is 2.18. The van der Waals surface area contributed by atoms with Crippen LogP contribution in [0.3, 0.4) is 0 Å². The minimum Gasteiger partial charge on any atom is -0.373 e. The molecule has 1 heterocycles. The molecule has 0 bridgehead atoms. The standard InChI is InChI=1S/C13H18FNO/c1-2-15-12-7-8-16-13(9-12)10-3-5-11(14)6-4-10/h3-6,12-13,15H,2,7-9H2,1H3. The summed E-state index contributed by atoms with van der Waals surface area (Å²) in [5, 5.41) is 3.44. The molecular weight excluding hydrogens is 205 g/mol. The first-order valence-corrected chi connectivity index (χ1v) is 5.90. The van der Waals surface area contributed by atoms with E-state index in [2.05, 4.69) is 12.2 Å². The van der Waals surface area contributed by atoms with E-state index in [4.69, 9.17) is 4.74 Å². The van der Waals surface area contributed by atoms with Crippen molar-refractivity contribution in [3.8, 4) is 0 Å². The van der Waals surface area contributed by atoms with Gasteiger partial charge in [-0.05, 0) is 37.1 Å². The SMILES string of the molecule is CCNC1CCOC(c2ccc(F)cc2)C1. The monoisotopic (exact) mass is 223 g/mol. The summed E-state index contributed by atoms with van der Waals surface area (Å²) in [5.41, 5.74) is 1.07. The highest BCUT2D eigenvalue weighted by molar-refractivity contribution is 5.19. The van der Waals surface area contributed by atoms with Crippen LogP contribution < -0.4 is 5.32 Å². The molecule has 2 atom stereocenters. The quantitative estimate of drug-likeness (QED) is 0.850. The third-order valence-electron chi connectivity index (χ3n) is 3.02. The highest BCUT2D eigenvalue weighted by Gasteiger charge is 2.22. The third-order valence-corrected chi connectivity index (χ3v) is 3.02. The molecule has 1 saturated heterocycles. The number of benzene rings is 1. The molecule has 0 aromatic heterocycles. The molecule has 0 aliphatic carbocycles. The maximum atomic E-state index is 12.8. The van der Waals surface area contributed by atoms with Crippen molar-refractivity contribution in [2.45, 2.75) is 31.9 Å². The molecule has 1 aliphatic heterocycles. The third kappa shape index (κ3) is 2.80. The largest absolute Gasteiger partial charge is 0.373 e. The number of halogens is 1. The van der Waals surface area contributed by atoms with Gasteiger partial charge in [0.15, 0.2) is 0 Å². The molecule has 2 nitrogen and oxygen atoms in total. The van der Waals surface area contributed by atoms with E-state index in [0.717, 1.165) is 31.6 Å². The van der Waals surface area contributed by atoms with Crippen LogP contribution in [0.5, 0.6) is 0 Å². The van der Waals surface area contributed by atoms with Crippen LogP contribution >= 0.6 is 0 Å². The summed E-state index contributed by atoms with van der Waals surface area (Å²) >= 11 is 0. The number of hydrogen-bond acceptors (Lipinski definition) is 2. The van der Waals surface area contributed by atoms with Gasteiger partial charge in [0, 0.05) is 12.6 Å². The molecule has 16 heavy (non-hydrogen) atoms. The second-order valence-corrected chi connectivity index (χ2v) is 4.19. The minimum atomic E-state index is -0.192. The lowest BCUT2D eigenvalue weighted by molar-refractivity contribution is 0.000565. The van der Waals surface area contributed by atoms with Gasteiger partial charge >= 0.3 is 0 Å². The number of ether oxygens (including phenoxy) is 1. The summed E-state index contributed by atoms with van der Waals surface area (Å²) in [5.74, 6) is -0.192. The predicted octanol–water partition coefficient (Wildman–Crippen LogP) is 2.66. The van der Waals surface area contributed by atoms with Crippen LogP contribution in [0, 0.1) is 5.82 Å². The van der Waals surface area contributed by atoms with Gasteiger partial charge in [-0.3, -0.25) is 0 Å². The van der Waals surface area contributed by atoms with Gasteiger partial charge in [-0.25, -0.2) is 4.39 Å². The topological polar surface area (TPSA) is 21.3 Å². The second kappa shape index (κ2) is 5.41. The van der Waals surface area contributed by atoms with Gasteiger partial charge in [-0.2, -0.15) is 0 Å². The Morgan fingerprint density at radius 1 is 1.38 bits per heavy atom. The molecular formula is C13H18FNO. The van der Waals surface area contributed by atoms with E-state index < -0.39 is 0 Å². The van der Waals surface area contributed by atoms with Crippen LogP contribution in [0.2, 0.25) is 0 Å². The highest BCUT2D eigenvalue weighted by Crippen LogP contribution is 2.28. The molecule has 1 aromatic carbocycles. The highest BCUT2D eigenvalue weighted by atomic mass is 19.1. The Labute approximate surface area is 95.8 Å². The van der Waals surface area contributed by atoms with E-state index in [1.165, 1.54) is 12.1 Å². The van der Waals surface area contributed by atoms with Crippen molar-refractivity contribution >= 4 is 0 Å². The van der Waals surface area contributed by atoms with Gasteiger partial charge in [0.2, 0.25) is 0 Å². The molecule has 88 valence electrons. The number of rotatable bonds is 3. The maximum Gasteiger partial charge on any atom is 0.123 e. The molecule has 0 spiro atoms. The molecule has 0 saturated carbocycles. The summed E-state index contributed by atoms with van der Waals surface area (Å²) in [6, 6.07) is 7.14. The lowest BCUT2D eigenvalue weighted by Crippen LogP contribution is -2.35. The van der Waals surface area contributed by atoms with Gasteiger partial charge < -0.3 is 10.1 Å².